The average molecular weight is 845 g/mol. The van der Waals surface area contributed by atoms with Crippen LogP contribution in [0.3, 0.4) is 0 Å². The zero-order chi connectivity index (χ0) is 43.6. The Hall–Kier alpha value is -2.32. The van der Waals surface area contributed by atoms with Crippen molar-refractivity contribution in [2.45, 2.75) is 187 Å². The summed E-state index contributed by atoms with van der Waals surface area (Å²) >= 11 is 0. The minimum Gasteiger partial charge on any atom is -0.756 e. The standard InChI is InChI=1S/C50H89N2O6P/c1-6-8-10-12-13-14-15-16-17-18-19-20-21-22-23-24-25-26-27-28-29-30-31-32-33-34-35-36-37-38-39-40-42-44-50(54)51-48(49(53)43-41-11-9-7-2)47-58-59(55,56)57-46-45-52(3,4)5/h8,10,13-14,16-17,19-20,22-23,25-26,41,43,48-49,53H,6-7,9,11-12,15,18,21,24,27-40,42,44-47H2,1-5H3,(H-,51,54,55,56)/b10-8-,14-13-,17-16-,20-19-,23-22-,26-25-,43-41+. The first kappa shape index (κ1) is 56.7. The highest BCUT2D eigenvalue weighted by Crippen LogP contribution is 2.38. The van der Waals surface area contributed by atoms with Gasteiger partial charge in [0.25, 0.3) is 7.82 Å². The molecule has 340 valence electrons. The molecule has 0 saturated heterocycles. The largest absolute Gasteiger partial charge is 0.756 e. The molecule has 0 radical (unpaired) electrons. The third-order valence-electron chi connectivity index (χ3n) is 9.86. The number of carbonyl (C=O) groups excluding carboxylic acids is 1. The summed E-state index contributed by atoms with van der Waals surface area (Å²) in [6.45, 7) is 4.35. The minimum atomic E-state index is -4.57. The Kier molecular flexibility index (Phi) is 39.4. The lowest BCUT2D eigenvalue weighted by atomic mass is 10.0. The van der Waals surface area contributed by atoms with E-state index in [4.69, 9.17) is 9.05 Å². The maximum absolute atomic E-state index is 12.7. The van der Waals surface area contributed by atoms with Crippen molar-refractivity contribution in [3.05, 3.63) is 85.1 Å². The Morgan fingerprint density at radius 3 is 1.49 bits per heavy atom. The van der Waals surface area contributed by atoms with Crippen molar-refractivity contribution in [3.63, 3.8) is 0 Å². The summed E-state index contributed by atoms with van der Waals surface area (Å²) in [5.74, 6) is -0.212. The van der Waals surface area contributed by atoms with Crippen LogP contribution in [0, 0.1) is 0 Å². The molecule has 0 spiro atoms. The van der Waals surface area contributed by atoms with E-state index in [-0.39, 0.29) is 19.1 Å². The van der Waals surface area contributed by atoms with Gasteiger partial charge < -0.3 is 28.8 Å². The molecule has 0 aliphatic carbocycles. The van der Waals surface area contributed by atoms with E-state index in [9.17, 15) is 19.4 Å². The topological polar surface area (TPSA) is 108 Å². The van der Waals surface area contributed by atoms with Gasteiger partial charge in [0, 0.05) is 6.42 Å². The fraction of sp³-hybridized carbons (Fsp3) is 0.700. The van der Waals surface area contributed by atoms with Gasteiger partial charge in [-0.25, -0.2) is 0 Å². The normalized spacial score (nSPS) is 15.0. The van der Waals surface area contributed by atoms with Crippen molar-refractivity contribution < 1.29 is 32.9 Å². The van der Waals surface area contributed by atoms with Crippen LogP contribution >= 0.6 is 7.82 Å². The molecule has 0 saturated carbocycles. The first-order valence-corrected chi connectivity index (χ1v) is 24.9. The second-order valence-electron chi connectivity index (χ2n) is 16.7. The predicted octanol–water partition coefficient (Wildman–Crippen LogP) is 12.7. The van der Waals surface area contributed by atoms with Gasteiger partial charge in [-0.1, -0.05) is 189 Å². The number of nitrogens with one attached hydrogen (secondary N) is 1. The van der Waals surface area contributed by atoms with E-state index in [1.807, 2.05) is 27.2 Å². The molecule has 0 aliphatic heterocycles. The van der Waals surface area contributed by atoms with Gasteiger partial charge >= 0.3 is 0 Å². The van der Waals surface area contributed by atoms with Crippen LogP contribution in [0.25, 0.3) is 0 Å². The number of allylic oxidation sites excluding steroid dienone is 13. The van der Waals surface area contributed by atoms with Crippen molar-refractivity contribution in [2.75, 3.05) is 40.9 Å². The Morgan fingerprint density at radius 1 is 0.610 bits per heavy atom. The molecule has 0 aliphatic rings. The minimum absolute atomic E-state index is 0.00544. The fourth-order valence-electron chi connectivity index (χ4n) is 6.14. The van der Waals surface area contributed by atoms with Gasteiger partial charge in [0.2, 0.25) is 5.91 Å². The van der Waals surface area contributed by atoms with Crippen LogP contribution in [0.2, 0.25) is 0 Å². The molecule has 0 aromatic carbocycles. The molecule has 2 N–H and O–H groups in total. The number of nitrogens with zero attached hydrogens (tertiary/aromatic N) is 1. The highest BCUT2D eigenvalue weighted by Gasteiger charge is 2.23. The van der Waals surface area contributed by atoms with E-state index in [1.54, 1.807) is 6.08 Å². The third kappa shape index (κ3) is 43.6. The summed E-state index contributed by atoms with van der Waals surface area (Å²) in [5, 5.41) is 13.5. The van der Waals surface area contributed by atoms with Crippen molar-refractivity contribution in [3.8, 4) is 0 Å². The maximum atomic E-state index is 12.7. The summed E-state index contributed by atoms with van der Waals surface area (Å²) in [5.41, 5.74) is 0. The molecule has 0 fully saturated rings. The lowest BCUT2D eigenvalue weighted by Crippen LogP contribution is -2.45. The number of amides is 1. The van der Waals surface area contributed by atoms with Gasteiger partial charge in [0.15, 0.2) is 0 Å². The molecular weight excluding hydrogens is 756 g/mol. The van der Waals surface area contributed by atoms with Gasteiger partial charge in [-0.15, -0.1) is 0 Å². The molecule has 9 heteroatoms. The van der Waals surface area contributed by atoms with Crippen LogP contribution in [-0.4, -0.2) is 68.5 Å². The van der Waals surface area contributed by atoms with Crippen LogP contribution < -0.4 is 10.2 Å². The van der Waals surface area contributed by atoms with E-state index in [2.05, 4.69) is 92.1 Å². The van der Waals surface area contributed by atoms with Gasteiger partial charge in [0.05, 0.1) is 39.9 Å². The number of likely N-dealkylation sites (N-methyl/N-ethyl adjacent to an activating group) is 1. The zero-order valence-corrected chi connectivity index (χ0v) is 39.3. The van der Waals surface area contributed by atoms with Gasteiger partial charge in [-0.3, -0.25) is 9.36 Å². The van der Waals surface area contributed by atoms with E-state index in [0.717, 1.165) is 77.0 Å². The summed E-state index contributed by atoms with van der Waals surface area (Å²) in [6.07, 6.45) is 57.2. The van der Waals surface area contributed by atoms with Crippen molar-refractivity contribution in [1.82, 2.24) is 5.32 Å². The lowest BCUT2D eigenvalue weighted by Gasteiger charge is -2.29. The number of rotatable bonds is 41. The number of quaternary nitrogens is 1. The van der Waals surface area contributed by atoms with Crippen LogP contribution in [0.4, 0.5) is 0 Å². The number of aliphatic hydroxyl groups excluding tert-OH is 1. The predicted molar refractivity (Wildman–Crippen MR) is 251 cm³/mol. The van der Waals surface area contributed by atoms with Gasteiger partial charge in [-0.05, 0) is 64.2 Å². The highest BCUT2D eigenvalue weighted by molar-refractivity contribution is 7.45. The summed E-state index contributed by atoms with van der Waals surface area (Å²) < 4.78 is 22.9. The number of hydrogen-bond acceptors (Lipinski definition) is 6. The van der Waals surface area contributed by atoms with E-state index >= 15 is 0 Å². The van der Waals surface area contributed by atoms with E-state index in [1.165, 1.54) is 77.0 Å². The SMILES string of the molecule is CC/C=C\C/C=C\C/C=C\C/C=C\C/C=C\C/C=C\CCCCCCCCCCCCCCCCC(=O)NC(COP(=O)([O-])OCC[N+](C)(C)C)C(O)/C=C/CCCC. The molecule has 0 aromatic rings. The fourth-order valence-corrected chi connectivity index (χ4v) is 6.86. The van der Waals surface area contributed by atoms with Gasteiger partial charge in [0.1, 0.15) is 13.2 Å². The number of aliphatic hydroxyl groups is 1. The second-order valence-corrected chi connectivity index (χ2v) is 18.1. The van der Waals surface area contributed by atoms with Gasteiger partial charge in [-0.2, -0.15) is 0 Å². The number of hydrogen-bond donors (Lipinski definition) is 2. The second kappa shape index (κ2) is 41.1. The lowest BCUT2D eigenvalue weighted by molar-refractivity contribution is -0.870. The average Bonchev–Trinajstić information content (AvgIpc) is 3.19. The van der Waals surface area contributed by atoms with Crippen LogP contribution in [0.15, 0.2) is 85.1 Å². The van der Waals surface area contributed by atoms with Crippen LogP contribution in [0.1, 0.15) is 174 Å². The highest BCUT2D eigenvalue weighted by atomic mass is 31.2. The van der Waals surface area contributed by atoms with E-state index in [0.29, 0.717) is 17.4 Å². The molecule has 0 heterocycles. The number of unbranched alkanes of at least 4 members (excludes halogenated alkanes) is 16. The third-order valence-corrected chi connectivity index (χ3v) is 10.8. The van der Waals surface area contributed by atoms with Crippen molar-refractivity contribution in [2.24, 2.45) is 0 Å². The van der Waals surface area contributed by atoms with Crippen LogP contribution in [-0.2, 0) is 18.4 Å². The summed E-state index contributed by atoms with van der Waals surface area (Å²) in [4.78, 5) is 25.0. The van der Waals surface area contributed by atoms with E-state index < -0.39 is 20.0 Å². The molecule has 3 atom stereocenters. The Bertz CT molecular complexity index is 1230. The van der Waals surface area contributed by atoms with Crippen LogP contribution in [0.5, 0.6) is 0 Å². The number of phosphoric ester groups is 1. The zero-order valence-electron chi connectivity index (χ0n) is 38.4. The monoisotopic (exact) mass is 845 g/mol. The summed E-state index contributed by atoms with van der Waals surface area (Å²) in [6, 6.07) is -0.885. The van der Waals surface area contributed by atoms with Crippen molar-refractivity contribution >= 4 is 13.7 Å². The molecule has 59 heavy (non-hydrogen) atoms. The molecule has 3 unspecified atom stereocenters. The number of phosphoric acid groups is 1. The molecule has 0 bridgehead atoms. The molecule has 0 aromatic heterocycles. The quantitative estimate of drug-likeness (QED) is 0.0275. The Balaban J connectivity index is 3.87. The Labute approximate surface area is 363 Å². The smallest absolute Gasteiger partial charge is 0.268 e. The first-order chi connectivity index (χ1) is 28.5. The number of carbonyl (C=O) groups is 1. The molecular formula is C50H89N2O6P. The molecule has 8 nitrogen and oxygen atoms in total. The molecule has 1 amide bonds. The maximum Gasteiger partial charge on any atom is 0.268 e. The van der Waals surface area contributed by atoms with Crippen molar-refractivity contribution in [1.29, 1.82) is 0 Å². The summed E-state index contributed by atoms with van der Waals surface area (Å²) in [7, 11) is 1.24. The Morgan fingerprint density at radius 2 is 1.03 bits per heavy atom. The molecule has 0 rings (SSSR count). The first-order valence-electron chi connectivity index (χ1n) is 23.4.